The molecule has 1 saturated heterocycles. The van der Waals surface area contributed by atoms with Crippen molar-refractivity contribution in [1.29, 1.82) is 0 Å². The lowest BCUT2D eigenvalue weighted by Crippen LogP contribution is -2.37. The summed E-state index contributed by atoms with van der Waals surface area (Å²) in [5, 5.41) is 0. The van der Waals surface area contributed by atoms with E-state index in [1.54, 1.807) is 28.2 Å². The first-order chi connectivity index (χ1) is 7.08. The van der Waals surface area contributed by atoms with Crippen molar-refractivity contribution in [3.05, 3.63) is 18.7 Å². The fourth-order valence-electron chi connectivity index (χ4n) is 1.94. The van der Waals surface area contributed by atoms with Gasteiger partial charge in [0.15, 0.2) is 0 Å². The molecule has 0 aliphatic carbocycles. The summed E-state index contributed by atoms with van der Waals surface area (Å²) in [6.07, 6.45) is 4.71. The number of carbonyl (C=O) groups is 1. The van der Waals surface area contributed by atoms with Gasteiger partial charge < -0.3 is 0 Å². The maximum absolute atomic E-state index is 13.1. The molecular weight excluding hydrogens is 197 g/mol. The Morgan fingerprint density at radius 1 is 1.60 bits per heavy atom. The lowest BCUT2D eigenvalue weighted by atomic mass is 10.2. The lowest BCUT2D eigenvalue weighted by molar-refractivity contribution is -0.670. The predicted molar refractivity (Wildman–Crippen MR) is 52.1 cm³/mol. The molecule has 0 unspecified atom stereocenters. The van der Waals surface area contributed by atoms with Crippen molar-refractivity contribution in [3.63, 3.8) is 0 Å². The summed E-state index contributed by atoms with van der Waals surface area (Å²) in [6, 6.07) is -0.163. The Labute approximate surface area is 87.9 Å². The zero-order valence-corrected chi connectivity index (χ0v) is 8.93. The van der Waals surface area contributed by atoms with Gasteiger partial charge in [-0.1, -0.05) is 0 Å². The number of alkyl halides is 1. The van der Waals surface area contributed by atoms with E-state index in [-0.39, 0.29) is 18.6 Å². The highest BCUT2D eigenvalue weighted by molar-refractivity contribution is 5.77. The van der Waals surface area contributed by atoms with Crippen molar-refractivity contribution >= 4 is 6.03 Å². The first-order valence-electron chi connectivity index (χ1n) is 5.06. The van der Waals surface area contributed by atoms with E-state index in [4.69, 9.17) is 0 Å². The summed E-state index contributed by atoms with van der Waals surface area (Å²) >= 11 is 0. The number of hydrogen-bond donors (Lipinski definition) is 0. The van der Waals surface area contributed by atoms with Crippen LogP contribution in [0.15, 0.2) is 18.7 Å². The molecule has 0 saturated carbocycles. The molecule has 1 aliphatic heterocycles. The number of likely N-dealkylation sites (tertiary alicyclic amines) is 1. The Bertz CT molecular complexity index is 376. The van der Waals surface area contributed by atoms with Gasteiger partial charge >= 0.3 is 6.03 Å². The summed E-state index contributed by atoms with van der Waals surface area (Å²) < 4.78 is 16.4. The number of nitrogens with zero attached hydrogens (tertiary/aromatic N) is 3. The standard InChI is InChI=1S/C10H15FN3O/c1-8-5-9(11)6-14(8)10(15)13-4-3-12(2)7-13/h3-4,7-9H,5-6H2,1-2H3/q+1/t8-,9+/m1/s1. The molecule has 1 fully saturated rings. The topological polar surface area (TPSA) is 29.1 Å². The van der Waals surface area contributed by atoms with E-state index >= 15 is 0 Å². The molecule has 4 nitrogen and oxygen atoms in total. The zero-order valence-electron chi connectivity index (χ0n) is 8.93. The molecule has 2 atom stereocenters. The average Bonchev–Trinajstić information content (AvgIpc) is 2.71. The van der Waals surface area contributed by atoms with Gasteiger partial charge in [0.1, 0.15) is 18.6 Å². The van der Waals surface area contributed by atoms with Gasteiger partial charge in [-0.2, -0.15) is 4.57 Å². The highest BCUT2D eigenvalue weighted by Gasteiger charge is 2.35. The third-order valence-electron chi connectivity index (χ3n) is 2.76. The summed E-state index contributed by atoms with van der Waals surface area (Å²) in [7, 11) is 1.84. The van der Waals surface area contributed by atoms with Crippen LogP contribution in [0.5, 0.6) is 0 Å². The minimum Gasteiger partial charge on any atom is -0.299 e. The number of imidazole rings is 1. The van der Waals surface area contributed by atoms with Gasteiger partial charge in [-0.25, -0.2) is 13.8 Å². The zero-order chi connectivity index (χ0) is 11.0. The Hall–Kier alpha value is -1.39. The SMILES string of the molecule is C[C@@H]1C[C@H](F)CN1C(=O)n1cc[n+](C)c1. The van der Waals surface area contributed by atoms with Crippen LogP contribution in [0.3, 0.4) is 0 Å². The van der Waals surface area contributed by atoms with E-state index in [0.29, 0.717) is 6.42 Å². The Kier molecular flexibility index (Phi) is 2.46. The molecule has 0 spiro atoms. The molecule has 82 valence electrons. The normalized spacial score (nSPS) is 25.9. The maximum atomic E-state index is 13.1. The van der Waals surface area contributed by atoms with Crippen LogP contribution in [-0.4, -0.2) is 34.3 Å². The summed E-state index contributed by atoms with van der Waals surface area (Å²) in [5.41, 5.74) is 0. The van der Waals surface area contributed by atoms with E-state index < -0.39 is 6.17 Å². The maximum Gasteiger partial charge on any atom is 0.416 e. The van der Waals surface area contributed by atoms with E-state index in [9.17, 15) is 9.18 Å². The molecule has 1 aromatic rings. The summed E-state index contributed by atoms with van der Waals surface area (Å²) in [6.45, 7) is 2.09. The number of rotatable bonds is 0. The van der Waals surface area contributed by atoms with Crippen molar-refractivity contribution in [1.82, 2.24) is 9.47 Å². The van der Waals surface area contributed by atoms with Crippen molar-refractivity contribution in [3.8, 4) is 0 Å². The molecule has 2 rings (SSSR count). The van der Waals surface area contributed by atoms with Crippen LogP contribution in [0, 0.1) is 0 Å². The van der Waals surface area contributed by atoms with Gasteiger partial charge in [-0.05, 0) is 6.92 Å². The Morgan fingerprint density at radius 3 is 2.80 bits per heavy atom. The molecule has 2 heterocycles. The second-order valence-corrected chi connectivity index (χ2v) is 4.10. The van der Waals surface area contributed by atoms with Crippen molar-refractivity contribution in [2.75, 3.05) is 6.54 Å². The smallest absolute Gasteiger partial charge is 0.299 e. The Balaban J connectivity index is 2.15. The second-order valence-electron chi connectivity index (χ2n) is 4.10. The summed E-state index contributed by atoms with van der Waals surface area (Å²) in [5.74, 6) is 0. The van der Waals surface area contributed by atoms with Crippen molar-refractivity contribution < 1.29 is 13.8 Å². The average molecular weight is 212 g/mol. The number of hydrogen-bond acceptors (Lipinski definition) is 1. The van der Waals surface area contributed by atoms with Crippen LogP contribution >= 0.6 is 0 Å². The van der Waals surface area contributed by atoms with Gasteiger partial charge in [0.2, 0.25) is 0 Å². The van der Waals surface area contributed by atoms with Crippen LogP contribution in [0.4, 0.5) is 9.18 Å². The van der Waals surface area contributed by atoms with Gasteiger partial charge in [0, 0.05) is 12.5 Å². The van der Waals surface area contributed by atoms with Crippen LogP contribution in [0.1, 0.15) is 13.3 Å². The molecule has 1 aromatic heterocycles. The molecule has 0 aromatic carbocycles. The highest BCUT2D eigenvalue weighted by Crippen LogP contribution is 2.20. The van der Waals surface area contributed by atoms with E-state index in [2.05, 4.69) is 0 Å². The van der Waals surface area contributed by atoms with E-state index in [0.717, 1.165) is 0 Å². The fourth-order valence-corrected chi connectivity index (χ4v) is 1.94. The minimum atomic E-state index is -0.881. The van der Waals surface area contributed by atoms with Crippen molar-refractivity contribution in [2.45, 2.75) is 25.6 Å². The number of halogens is 1. The number of carbonyl (C=O) groups excluding carboxylic acids is 1. The molecule has 5 heteroatoms. The molecule has 0 bridgehead atoms. The van der Waals surface area contributed by atoms with Crippen LogP contribution < -0.4 is 4.57 Å². The van der Waals surface area contributed by atoms with Crippen LogP contribution in [0.25, 0.3) is 0 Å². The highest BCUT2D eigenvalue weighted by atomic mass is 19.1. The lowest BCUT2D eigenvalue weighted by Gasteiger charge is -2.17. The van der Waals surface area contributed by atoms with Crippen LogP contribution in [-0.2, 0) is 7.05 Å². The predicted octanol–water partition coefficient (Wildman–Crippen LogP) is 0.713. The van der Waals surface area contributed by atoms with E-state index in [1.165, 1.54) is 4.57 Å². The monoisotopic (exact) mass is 212 g/mol. The van der Waals surface area contributed by atoms with Gasteiger partial charge in [-0.3, -0.25) is 4.90 Å². The van der Waals surface area contributed by atoms with Crippen molar-refractivity contribution in [2.24, 2.45) is 7.05 Å². The van der Waals surface area contributed by atoms with Gasteiger partial charge in [-0.15, -0.1) is 0 Å². The van der Waals surface area contributed by atoms with E-state index in [1.807, 2.05) is 14.0 Å². The quantitative estimate of drug-likeness (QED) is 0.582. The Morgan fingerprint density at radius 2 is 2.33 bits per heavy atom. The minimum absolute atomic E-state index is 0.0137. The first kappa shape index (κ1) is 10.1. The largest absolute Gasteiger partial charge is 0.416 e. The number of aryl methyl sites for hydroxylation is 1. The van der Waals surface area contributed by atoms with Gasteiger partial charge in [0.25, 0.3) is 6.33 Å². The molecule has 1 aliphatic rings. The summed E-state index contributed by atoms with van der Waals surface area (Å²) in [4.78, 5) is 13.5. The third kappa shape index (κ3) is 1.86. The fraction of sp³-hybridized carbons (Fsp3) is 0.600. The molecule has 0 N–H and O–H groups in total. The number of amides is 1. The first-order valence-corrected chi connectivity index (χ1v) is 5.06. The number of aromatic nitrogens is 2. The molecule has 1 amide bonds. The second kappa shape index (κ2) is 3.64. The van der Waals surface area contributed by atoms with Gasteiger partial charge in [0.05, 0.1) is 13.6 Å². The van der Waals surface area contributed by atoms with Crippen LogP contribution in [0.2, 0.25) is 0 Å². The molecule has 15 heavy (non-hydrogen) atoms. The molecular formula is C10H15FN3O+. The molecule has 0 radical (unpaired) electrons. The third-order valence-corrected chi connectivity index (χ3v) is 2.76.